The van der Waals surface area contributed by atoms with E-state index in [1.165, 1.54) is 0 Å². The Labute approximate surface area is 192 Å². The highest BCUT2D eigenvalue weighted by molar-refractivity contribution is 6.05. The molecular formula is C28H24N2O3. The largest absolute Gasteiger partial charge is 0.494 e. The van der Waals surface area contributed by atoms with E-state index in [9.17, 15) is 4.79 Å². The van der Waals surface area contributed by atoms with Gasteiger partial charge in [-0.25, -0.2) is 4.98 Å². The van der Waals surface area contributed by atoms with Crippen molar-refractivity contribution in [1.82, 2.24) is 4.98 Å². The molecule has 0 aliphatic carbocycles. The number of rotatable bonds is 7. The van der Waals surface area contributed by atoms with E-state index < -0.39 is 0 Å². The zero-order valence-electron chi connectivity index (χ0n) is 18.4. The van der Waals surface area contributed by atoms with E-state index >= 15 is 0 Å². The van der Waals surface area contributed by atoms with Gasteiger partial charge in [0.1, 0.15) is 11.3 Å². The number of benzene rings is 4. The molecular weight excluding hydrogens is 412 g/mol. The number of aromatic nitrogens is 1. The Morgan fingerprint density at radius 1 is 0.970 bits per heavy atom. The summed E-state index contributed by atoms with van der Waals surface area (Å²) in [6.07, 6.45) is 2.04. The van der Waals surface area contributed by atoms with Crippen LogP contribution in [0.5, 0.6) is 5.75 Å². The normalized spacial score (nSPS) is 11.1. The van der Waals surface area contributed by atoms with Crippen LogP contribution in [0, 0.1) is 0 Å². The summed E-state index contributed by atoms with van der Waals surface area (Å²) in [5, 5.41) is 5.16. The van der Waals surface area contributed by atoms with Gasteiger partial charge in [0.25, 0.3) is 5.91 Å². The number of carbonyl (C=O) groups is 1. The quantitative estimate of drug-likeness (QED) is 0.277. The van der Waals surface area contributed by atoms with Crippen LogP contribution in [-0.2, 0) is 0 Å². The van der Waals surface area contributed by atoms with Gasteiger partial charge in [-0.1, -0.05) is 55.8 Å². The van der Waals surface area contributed by atoms with E-state index in [1.807, 2.05) is 54.6 Å². The van der Waals surface area contributed by atoms with E-state index in [0.29, 0.717) is 40.6 Å². The highest BCUT2D eigenvalue weighted by Crippen LogP contribution is 2.31. The molecule has 0 bridgehead atoms. The van der Waals surface area contributed by atoms with Crippen LogP contribution < -0.4 is 10.1 Å². The van der Waals surface area contributed by atoms with Crippen molar-refractivity contribution in [2.45, 2.75) is 19.8 Å². The minimum Gasteiger partial charge on any atom is -0.494 e. The van der Waals surface area contributed by atoms with Crippen LogP contribution in [0.3, 0.4) is 0 Å². The standard InChI is InChI=1S/C28H24N2O3/c1-2-3-16-32-22-11-6-10-20(17-22)27(31)29-21-14-15-26-25(18-21)30-28(33-26)24-13-7-9-19-8-4-5-12-23(19)24/h4-15,17-18H,2-3,16H2,1H3,(H,29,31). The molecule has 4 aromatic carbocycles. The van der Waals surface area contributed by atoms with Crippen molar-refractivity contribution < 1.29 is 13.9 Å². The van der Waals surface area contributed by atoms with Crippen LogP contribution in [0.1, 0.15) is 30.1 Å². The summed E-state index contributed by atoms with van der Waals surface area (Å²) in [7, 11) is 0. The molecule has 1 heterocycles. The summed E-state index contributed by atoms with van der Waals surface area (Å²) in [5.74, 6) is 1.05. The molecule has 164 valence electrons. The molecule has 0 radical (unpaired) electrons. The summed E-state index contributed by atoms with van der Waals surface area (Å²) in [4.78, 5) is 17.5. The predicted molar refractivity (Wildman–Crippen MR) is 132 cm³/mol. The van der Waals surface area contributed by atoms with Crippen molar-refractivity contribution in [2.24, 2.45) is 0 Å². The number of nitrogens with zero attached hydrogens (tertiary/aromatic N) is 1. The molecule has 5 nitrogen and oxygen atoms in total. The van der Waals surface area contributed by atoms with E-state index in [0.717, 1.165) is 29.2 Å². The van der Waals surface area contributed by atoms with Gasteiger partial charge >= 0.3 is 0 Å². The second kappa shape index (κ2) is 9.17. The summed E-state index contributed by atoms with van der Waals surface area (Å²) >= 11 is 0. The molecule has 1 aromatic heterocycles. The van der Waals surface area contributed by atoms with Gasteiger partial charge in [-0.3, -0.25) is 4.79 Å². The van der Waals surface area contributed by atoms with Crippen LogP contribution in [0.15, 0.2) is 89.3 Å². The highest BCUT2D eigenvalue weighted by atomic mass is 16.5. The Morgan fingerprint density at radius 3 is 2.73 bits per heavy atom. The third-order valence-electron chi connectivity index (χ3n) is 5.53. The lowest BCUT2D eigenvalue weighted by atomic mass is 10.0. The fraction of sp³-hybridized carbons (Fsp3) is 0.143. The second-order valence-electron chi connectivity index (χ2n) is 7.91. The van der Waals surface area contributed by atoms with Gasteiger partial charge < -0.3 is 14.5 Å². The Kier molecular flexibility index (Phi) is 5.77. The van der Waals surface area contributed by atoms with E-state index in [4.69, 9.17) is 14.1 Å². The Hall–Kier alpha value is -4.12. The van der Waals surface area contributed by atoms with Crippen LogP contribution in [0.25, 0.3) is 33.3 Å². The van der Waals surface area contributed by atoms with Crippen molar-refractivity contribution in [2.75, 3.05) is 11.9 Å². The monoisotopic (exact) mass is 436 g/mol. The van der Waals surface area contributed by atoms with Gasteiger partial charge in [-0.2, -0.15) is 0 Å². The third kappa shape index (κ3) is 4.44. The van der Waals surface area contributed by atoms with Crippen LogP contribution >= 0.6 is 0 Å². The molecule has 0 unspecified atom stereocenters. The molecule has 33 heavy (non-hydrogen) atoms. The van der Waals surface area contributed by atoms with Crippen LogP contribution in [0.4, 0.5) is 5.69 Å². The Balaban J connectivity index is 1.38. The van der Waals surface area contributed by atoms with Crippen molar-refractivity contribution in [1.29, 1.82) is 0 Å². The highest BCUT2D eigenvalue weighted by Gasteiger charge is 2.13. The van der Waals surface area contributed by atoms with Crippen LogP contribution in [-0.4, -0.2) is 17.5 Å². The van der Waals surface area contributed by atoms with Gasteiger partial charge in [0.05, 0.1) is 6.61 Å². The number of carbonyl (C=O) groups excluding carboxylic acids is 1. The first-order valence-electron chi connectivity index (χ1n) is 11.1. The molecule has 5 heteroatoms. The molecule has 0 aliphatic heterocycles. The summed E-state index contributed by atoms with van der Waals surface area (Å²) in [5.41, 5.74) is 3.49. The van der Waals surface area contributed by atoms with Gasteiger partial charge in [0.2, 0.25) is 5.89 Å². The molecule has 1 amide bonds. The molecule has 0 saturated heterocycles. The van der Waals surface area contributed by atoms with Gasteiger partial charge in [-0.05, 0) is 59.7 Å². The summed E-state index contributed by atoms with van der Waals surface area (Å²) < 4.78 is 11.7. The van der Waals surface area contributed by atoms with Gasteiger partial charge in [-0.15, -0.1) is 0 Å². The molecule has 1 N–H and O–H groups in total. The maximum atomic E-state index is 12.8. The van der Waals surface area contributed by atoms with E-state index in [1.54, 1.807) is 12.1 Å². The fourth-order valence-electron chi connectivity index (χ4n) is 3.80. The number of hydrogen-bond donors (Lipinski definition) is 1. The van der Waals surface area contributed by atoms with Gasteiger partial charge in [0, 0.05) is 16.8 Å². The number of oxazole rings is 1. The smallest absolute Gasteiger partial charge is 0.255 e. The second-order valence-corrected chi connectivity index (χ2v) is 7.91. The fourth-order valence-corrected chi connectivity index (χ4v) is 3.80. The first kappa shape index (κ1) is 20.8. The van der Waals surface area contributed by atoms with Crippen molar-refractivity contribution in [3.63, 3.8) is 0 Å². The summed E-state index contributed by atoms with van der Waals surface area (Å²) in [6.45, 7) is 2.76. The predicted octanol–water partition coefficient (Wildman–Crippen LogP) is 7.08. The number of fused-ring (bicyclic) bond motifs is 2. The molecule has 0 fully saturated rings. The zero-order valence-corrected chi connectivity index (χ0v) is 18.4. The van der Waals surface area contributed by atoms with Gasteiger partial charge in [0.15, 0.2) is 5.58 Å². The lowest BCUT2D eigenvalue weighted by molar-refractivity contribution is 0.102. The minimum absolute atomic E-state index is 0.201. The number of hydrogen-bond acceptors (Lipinski definition) is 4. The lowest BCUT2D eigenvalue weighted by Crippen LogP contribution is -2.12. The Morgan fingerprint density at radius 2 is 1.82 bits per heavy atom. The van der Waals surface area contributed by atoms with Crippen molar-refractivity contribution in [3.8, 4) is 17.2 Å². The number of anilines is 1. The maximum absolute atomic E-state index is 12.8. The Bertz CT molecular complexity index is 1430. The number of ether oxygens (including phenoxy) is 1. The van der Waals surface area contributed by atoms with Crippen LogP contribution in [0.2, 0.25) is 0 Å². The molecule has 0 atom stereocenters. The number of unbranched alkanes of at least 4 members (excludes halogenated alkanes) is 1. The third-order valence-corrected chi connectivity index (χ3v) is 5.53. The first-order valence-corrected chi connectivity index (χ1v) is 11.1. The average Bonchev–Trinajstić information content (AvgIpc) is 3.27. The molecule has 0 aliphatic rings. The minimum atomic E-state index is -0.201. The lowest BCUT2D eigenvalue weighted by Gasteiger charge is -2.08. The summed E-state index contributed by atoms with van der Waals surface area (Å²) in [6, 6.07) is 26.9. The average molecular weight is 437 g/mol. The molecule has 5 rings (SSSR count). The topological polar surface area (TPSA) is 64.4 Å². The SMILES string of the molecule is CCCCOc1cccc(C(=O)Nc2ccc3oc(-c4cccc5ccccc45)nc3c2)c1. The number of nitrogens with one attached hydrogen (secondary N) is 1. The van der Waals surface area contributed by atoms with Crippen molar-refractivity contribution in [3.05, 3.63) is 90.5 Å². The van der Waals surface area contributed by atoms with Crippen molar-refractivity contribution >= 4 is 33.5 Å². The molecule has 5 aromatic rings. The maximum Gasteiger partial charge on any atom is 0.255 e. The first-order chi connectivity index (χ1) is 16.2. The van der Waals surface area contributed by atoms with E-state index in [-0.39, 0.29) is 5.91 Å². The number of amides is 1. The zero-order chi connectivity index (χ0) is 22.6. The molecule has 0 saturated carbocycles. The van der Waals surface area contributed by atoms with E-state index in [2.05, 4.69) is 30.4 Å². The molecule has 0 spiro atoms.